The fraction of sp³-hybridized carbons (Fsp3) is 0. The fourth-order valence-electron chi connectivity index (χ4n) is 11.4. The summed E-state index contributed by atoms with van der Waals surface area (Å²) in [5, 5.41) is 0. The molecule has 0 aliphatic carbocycles. The summed E-state index contributed by atoms with van der Waals surface area (Å²) in [4.78, 5) is 0. The molecule has 120 heavy (non-hydrogen) atoms. The Morgan fingerprint density at radius 2 is 0.333 bits per heavy atom. The van der Waals surface area contributed by atoms with Crippen molar-refractivity contribution in [3.63, 3.8) is 0 Å². The van der Waals surface area contributed by atoms with Crippen molar-refractivity contribution in [1.82, 2.24) is 0 Å². The molecule has 0 saturated heterocycles. The van der Waals surface area contributed by atoms with E-state index in [0.717, 1.165) is 0 Å². The first kappa shape index (κ1) is 84.4. The van der Waals surface area contributed by atoms with Crippen LogP contribution in [0.4, 0.5) is 0 Å². The molecular weight excluding hydrogens is 1610 g/mol. The normalized spacial score (nSPS) is 19.0. The molecule has 0 saturated carbocycles. The van der Waals surface area contributed by atoms with Crippen LogP contribution in [0.25, 0.3) is 72.9 Å². The van der Waals surface area contributed by atoms with E-state index in [1.807, 2.05) is 36.4 Å². The zero-order valence-corrected chi connectivity index (χ0v) is 70.8. The molecule has 0 amide bonds. The standard InChI is InChI=1S/C96H84N6O12P6/c1-13-73-46-58-85(59-47-73)103-115(109-91-40-31-34-79(19-7)70-91)97-118(106-88-64-52-76(16-4)53-65-88,112-94-43-28-25-37-82(94)22-10)99-116(104-86-60-48-74(14-2)49-61-86,110-92-41-32-35-80(20-8)71-92)101-120(108-90-68-56-78(18-6)57-69-90,114-96-45-30-27-39-84(96)24-12)102-117(105-87-62-50-75(15-3)51-63-87,111-93-42-33-36-81(21-9)72-93)100-119(98-115,107-89-66-54-77(17-5)55-67-89)113-95-44-29-26-38-83(95)23-11/h13-72H,1-12H2. The quantitative estimate of drug-likeness (QED) is 0.0339. The van der Waals surface area contributed by atoms with Crippen LogP contribution in [0, 0.1) is 0 Å². The van der Waals surface area contributed by atoms with E-state index in [2.05, 4.69) is 78.9 Å². The molecule has 1 aliphatic rings. The number of hydrogen-bond acceptors (Lipinski definition) is 18. The Labute approximate surface area is 701 Å². The molecule has 6 unspecified atom stereocenters. The van der Waals surface area contributed by atoms with Gasteiger partial charge in [0.15, 0.2) is 0 Å². The van der Waals surface area contributed by atoms with Gasteiger partial charge in [-0.05, 0) is 177 Å². The Morgan fingerprint density at radius 1 is 0.158 bits per heavy atom. The predicted molar refractivity (Wildman–Crippen MR) is 502 cm³/mol. The molecule has 24 heteroatoms. The van der Waals surface area contributed by atoms with Gasteiger partial charge in [-0.3, -0.25) is 0 Å². The van der Waals surface area contributed by atoms with Gasteiger partial charge in [0, 0.05) is 16.7 Å². The molecule has 0 radical (unpaired) electrons. The topological polar surface area (TPSA) is 185 Å². The van der Waals surface area contributed by atoms with E-state index < -0.39 is 46.0 Å². The zero-order chi connectivity index (χ0) is 84.0. The first-order valence-corrected chi connectivity index (χ1v) is 46.5. The Hall–Kier alpha value is -13.5. The second-order valence-electron chi connectivity index (χ2n) is 25.8. The lowest BCUT2D eigenvalue weighted by Crippen LogP contribution is -2.11. The number of para-hydroxylation sites is 3. The minimum atomic E-state index is -5.44. The number of rotatable bonds is 36. The first-order chi connectivity index (χ1) is 58.4. The first-order valence-electron chi connectivity index (χ1n) is 37.3. The van der Waals surface area contributed by atoms with Crippen molar-refractivity contribution in [2.24, 2.45) is 27.1 Å². The Balaban J connectivity index is 1.45. The van der Waals surface area contributed by atoms with Gasteiger partial charge in [-0.1, -0.05) is 343 Å². The summed E-state index contributed by atoms with van der Waals surface area (Å²) in [5.74, 6) is 0.885. The number of benzene rings is 12. The van der Waals surface area contributed by atoms with Crippen LogP contribution < -0.4 is 54.3 Å². The highest BCUT2D eigenvalue weighted by Gasteiger charge is 2.51. The minimum absolute atomic E-state index is 0.0709. The smallest absolute Gasteiger partial charge is 0.413 e. The Bertz CT molecular complexity index is 5680. The molecule has 1 aliphatic heterocycles. The molecule has 12 aromatic rings. The summed E-state index contributed by atoms with van der Waals surface area (Å²) in [6.07, 6.45) is 19.8. The Kier molecular flexibility index (Phi) is 27.2. The third-order valence-electron chi connectivity index (χ3n) is 17.4. The van der Waals surface area contributed by atoms with Crippen LogP contribution in [0.5, 0.6) is 69.0 Å². The van der Waals surface area contributed by atoms with Crippen LogP contribution >= 0.6 is 46.0 Å². The predicted octanol–water partition coefficient (Wildman–Crippen LogP) is 32.3. The number of hydrogen-bond donors (Lipinski definition) is 0. The summed E-state index contributed by atoms with van der Waals surface area (Å²) in [5.41, 5.74) is 7.17. The third kappa shape index (κ3) is 21.3. The summed E-state index contributed by atoms with van der Waals surface area (Å²) < 4.78 is 132. The van der Waals surface area contributed by atoms with E-state index >= 15 is 0 Å². The zero-order valence-electron chi connectivity index (χ0n) is 65.4. The van der Waals surface area contributed by atoms with Gasteiger partial charge in [-0.2, -0.15) is 0 Å². The molecule has 0 N–H and O–H groups in total. The highest BCUT2D eigenvalue weighted by molar-refractivity contribution is 7.80. The molecule has 1 heterocycles. The van der Waals surface area contributed by atoms with Gasteiger partial charge in [-0.15, -0.1) is 0 Å². The van der Waals surface area contributed by atoms with E-state index in [4.69, 9.17) is 81.4 Å². The molecule has 13 rings (SSSR count). The number of nitrogens with zero attached hydrogens (tertiary/aromatic N) is 6. The van der Waals surface area contributed by atoms with Gasteiger partial charge < -0.3 is 54.3 Å². The van der Waals surface area contributed by atoms with Crippen molar-refractivity contribution in [3.8, 4) is 69.0 Å². The maximum atomic E-state index is 7.95. The Morgan fingerprint density at radius 3 is 0.517 bits per heavy atom. The molecular formula is C96H84N6O12P6. The van der Waals surface area contributed by atoms with Crippen LogP contribution in [0.15, 0.2) is 397 Å². The van der Waals surface area contributed by atoms with Crippen LogP contribution in [-0.2, 0) is 0 Å². The molecule has 600 valence electrons. The molecule has 6 atom stereocenters. The second-order valence-corrected chi connectivity index (χ2v) is 38.1. The highest BCUT2D eigenvalue weighted by Crippen LogP contribution is 2.81. The van der Waals surface area contributed by atoms with Crippen LogP contribution in [-0.4, -0.2) is 0 Å². The second kappa shape index (κ2) is 38.7. The summed E-state index contributed by atoms with van der Waals surface area (Å²) in [6, 6.07) is 83.8. The monoisotopic (exact) mass is 1700 g/mol. The van der Waals surface area contributed by atoms with Crippen molar-refractivity contribution in [3.05, 3.63) is 437 Å². The van der Waals surface area contributed by atoms with E-state index in [-0.39, 0.29) is 69.0 Å². The van der Waals surface area contributed by atoms with E-state index in [1.165, 1.54) is 0 Å². The molecule has 12 aromatic carbocycles. The average Bonchev–Trinajstić information content (AvgIpc) is 0.726. The lowest BCUT2D eigenvalue weighted by Gasteiger charge is -2.33. The lowest BCUT2D eigenvalue weighted by atomic mass is 10.2. The van der Waals surface area contributed by atoms with Gasteiger partial charge in [0.25, 0.3) is 0 Å². The summed E-state index contributed by atoms with van der Waals surface area (Å²) >= 11 is 0. The summed E-state index contributed by atoms with van der Waals surface area (Å²) in [7, 11) is -32.6. The van der Waals surface area contributed by atoms with Crippen molar-refractivity contribution in [2.45, 2.75) is 0 Å². The maximum Gasteiger partial charge on any atom is 0.460 e. The van der Waals surface area contributed by atoms with E-state index in [0.29, 0.717) is 66.8 Å². The van der Waals surface area contributed by atoms with Crippen LogP contribution in [0.2, 0.25) is 0 Å². The maximum absolute atomic E-state index is 7.95. The molecule has 0 aromatic heterocycles. The SMILES string of the molecule is C=Cc1ccc(OP2(Oc3cccc(C=C)c3)=NP(Oc3ccc(C=C)cc3)(Oc3ccccc3C=C)=NP(Oc3ccc(C=C)cc3)(Oc3cccc(C=C)c3)=NP(Oc3ccc(C=C)cc3)(Oc3ccccc3C=C)=NP(Oc3ccc(C=C)cc3)(Oc3cccc(C=C)c3)=NP(Oc3ccc(C=C)cc3)(Oc3ccccc3C=C)=N2)cc1. The summed E-state index contributed by atoms with van der Waals surface area (Å²) in [6.45, 7) is 50.2. The van der Waals surface area contributed by atoms with Gasteiger partial charge in [0.1, 0.15) is 69.0 Å². The largest absolute Gasteiger partial charge is 0.460 e. The van der Waals surface area contributed by atoms with Gasteiger partial charge in [0.2, 0.25) is 0 Å². The molecule has 0 spiro atoms. The van der Waals surface area contributed by atoms with Crippen molar-refractivity contribution in [2.75, 3.05) is 0 Å². The third-order valence-corrected chi connectivity index (χ3v) is 33.6. The van der Waals surface area contributed by atoms with Gasteiger partial charge >= 0.3 is 46.0 Å². The van der Waals surface area contributed by atoms with Gasteiger partial charge in [0.05, 0.1) is 0 Å². The van der Waals surface area contributed by atoms with Crippen molar-refractivity contribution >= 4 is 119 Å². The van der Waals surface area contributed by atoms with E-state index in [1.54, 1.807) is 328 Å². The van der Waals surface area contributed by atoms with Crippen LogP contribution in [0.1, 0.15) is 66.8 Å². The molecule has 0 bridgehead atoms. The van der Waals surface area contributed by atoms with Crippen LogP contribution in [0.3, 0.4) is 0 Å². The van der Waals surface area contributed by atoms with Crippen molar-refractivity contribution in [1.29, 1.82) is 0 Å². The minimum Gasteiger partial charge on any atom is -0.413 e. The fourth-order valence-corrected chi connectivity index (χ4v) is 29.6. The van der Waals surface area contributed by atoms with E-state index in [9.17, 15) is 0 Å². The molecule has 18 nitrogen and oxygen atoms in total. The van der Waals surface area contributed by atoms with Gasteiger partial charge in [-0.25, -0.2) is 0 Å². The lowest BCUT2D eigenvalue weighted by molar-refractivity contribution is 0.445. The van der Waals surface area contributed by atoms with Crippen molar-refractivity contribution < 1.29 is 54.3 Å². The molecule has 0 fully saturated rings. The highest BCUT2D eigenvalue weighted by atomic mass is 31.3. The average molecular weight is 1700 g/mol.